The summed E-state index contributed by atoms with van der Waals surface area (Å²) in [5.74, 6) is 0. The van der Waals surface area contributed by atoms with Gasteiger partial charge in [0.05, 0.1) is 0 Å². The third-order valence-electron chi connectivity index (χ3n) is 1.30. The maximum atomic E-state index is 8.61. The first-order valence-corrected chi connectivity index (χ1v) is 4.01. The standard InChI is InChI=1S/C8H18OS/c1-2-3-4-5-8(10)6-7-9/h8-10H,2-7H2,1H3/i1D3,2D2. The molecule has 0 heterocycles. The van der Waals surface area contributed by atoms with Gasteiger partial charge in [-0.15, -0.1) is 0 Å². The first kappa shape index (κ1) is 4.36. The average Bonchev–Trinajstić information content (AvgIpc) is 2.01. The van der Waals surface area contributed by atoms with Crippen LogP contribution in [0.25, 0.3) is 0 Å². The van der Waals surface area contributed by atoms with Crippen LogP contribution in [0.1, 0.15) is 45.8 Å². The fourth-order valence-electron chi connectivity index (χ4n) is 0.719. The molecule has 0 spiro atoms. The molecule has 0 rings (SSSR count). The van der Waals surface area contributed by atoms with E-state index in [4.69, 9.17) is 12.0 Å². The molecule has 0 aliphatic heterocycles. The van der Waals surface area contributed by atoms with Crippen LogP contribution in [0.2, 0.25) is 0 Å². The first-order valence-electron chi connectivity index (χ1n) is 5.99. The summed E-state index contributed by atoms with van der Waals surface area (Å²) in [6.45, 7) is -2.50. The third-order valence-corrected chi connectivity index (χ3v) is 1.82. The number of thiol groups is 1. The quantitative estimate of drug-likeness (QED) is 0.581. The molecule has 2 heteroatoms. The van der Waals surface area contributed by atoms with Gasteiger partial charge in [0.2, 0.25) is 0 Å². The summed E-state index contributed by atoms with van der Waals surface area (Å²) < 4.78 is 35.7. The van der Waals surface area contributed by atoms with E-state index < -0.39 is 13.2 Å². The molecule has 62 valence electrons. The van der Waals surface area contributed by atoms with E-state index >= 15 is 0 Å². The van der Waals surface area contributed by atoms with Gasteiger partial charge in [0, 0.05) is 18.7 Å². The fraction of sp³-hybridized carbons (Fsp3) is 1.00. The highest BCUT2D eigenvalue weighted by Gasteiger charge is 1.99. The SMILES string of the molecule is [2H]C([2H])([2H])C([2H])([2H])CCCC(S)CCO. The van der Waals surface area contributed by atoms with Crippen LogP contribution in [0, 0.1) is 0 Å². The lowest BCUT2D eigenvalue weighted by molar-refractivity contribution is 0.285. The Labute approximate surface area is 76.3 Å². The van der Waals surface area contributed by atoms with Crippen LogP contribution in [0.5, 0.6) is 0 Å². The summed E-state index contributed by atoms with van der Waals surface area (Å²) in [7, 11) is 0. The van der Waals surface area contributed by atoms with Crippen molar-refractivity contribution in [1.82, 2.24) is 0 Å². The van der Waals surface area contributed by atoms with Gasteiger partial charge in [-0.25, -0.2) is 0 Å². The highest BCUT2D eigenvalue weighted by molar-refractivity contribution is 7.80. The largest absolute Gasteiger partial charge is 0.396 e. The second kappa shape index (κ2) is 7.42. The van der Waals surface area contributed by atoms with Crippen LogP contribution in [0.3, 0.4) is 0 Å². The molecule has 0 aromatic carbocycles. The van der Waals surface area contributed by atoms with Crippen LogP contribution in [-0.4, -0.2) is 17.0 Å². The van der Waals surface area contributed by atoms with E-state index in [2.05, 4.69) is 12.6 Å². The molecule has 0 saturated heterocycles. The summed E-state index contributed by atoms with van der Waals surface area (Å²) in [5, 5.41) is 8.63. The van der Waals surface area contributed by atoms with Crippen LogP contribution >= 0.6 is 12.6 Å². The maximum absolute atomic E-state index is 8.61. The van der Waals surface area contributed by atoms with Crippen LogP contribution in [0.15, 0.2) is 0 Å². The Hall–Kier alpha value is 0.310. The van der Waals surface area contributed by atoms with E-state index in [0.717, 1.165) is 0 Å². The monoisotopic (exact) mass is 167 g/mol. The molecular weight excluding hydrogens is 144 g/mol. The highest BCUT2D eigenvalue weighted by atomic mass is 32.1. The molecule has 0 radical (unpaired) electrons. The van der Waals surface area contributed by atoms with Gasteiger partial charge in [-0.3, -0.25) is 0 Å². The molecule has 1 N–H and O–H groups in total. The molecule has 0 aromatic heterocycles. The minimum absolute atomic E-state index is 0.00594. The van der Waals surface area contributed by atoms with E-state index in [1.54, 1.807) is 0 Å². The van der Waals surface area contributed by atoms with Crippen molar-refractivity contribution >= 4 is 12.6 Å². The predicted molar refractivity (Wildman–Crippen MR) is 48.6 cm³/mol. The van der Waals surface area contributed by atoms with E-state index in [1.807, 2.05) is 0 Å². The molecule has 0 aromatic rings. The fourth-order valence-corrected chi connectivity index (χ4v) is 1.02. The van der Waals surface area contributed by atoms with Gasteiger partial charge < -0.3 is 5.11 Å². The van der Waals surface area contributed by atoms with Crippen molar-refractivity contribution in [1.29, 1.82) is 0 Å². The summed E-state index contributed by atoms with van der Waals surface area (Å²) in [6, 6.07) is 0. The highest BCUT2D eigenvalue weighted by Crippen LogP contribution is 2.10. The minimum Gasteiger partial charge on any atom is -0.396 e. The maximum Gasteiger partial charge on any atom is 0.0441 e. The lowest BCUT2D eigenvalue weighted by atomic mass is 10.1. The van der Waals surface area contributed by atoms with Crippen LogP contribution in [0.4, 0.5) is 0 Å². The number of aliphatic hydroxyl groups excluding tert-OH is 1. The minimum atomic E-state index is -2.56. The van der Waals surface area contributed by atoms with Crippen molar-refractivity contribution in [2.45, 2.75) is 44.2 Å². The third kappa shape index (κ3) is 6.43. The number of rotatable bonds is 6. The van der Waals surface area contributed by atoms with Gasteiger partial charge in [-0.2, -0.15) is 12.6 Å². The molecule has 1 nitrogen and oxygen atoms in total. The second-order valence-corrected chi connectivity index (χ2v) is 2.97. The Kier molecular flexibility index (Phi) is 3.24. The molecule has 10 heavy (non-hydrogen) atoms. The van der Waals surface area contributed by atoms with Crippen LogP contribution in [-0.2, 0) is 0 Å². The smallest absolute Gasteiger partial charge is 0.0441 e. The number of hydrogen-bond donors (Lipinski definition) is 2. The van der Waals surface area contributed by atoms with Gasteiger partial charge in [0.25, 0.3) is 0 Å². The molecule has 0 fully saturated rings. The van der Waals surface area contributed by atoms with E-state index in [1.165, 1.54) is 0 Å². The zero-order chi connectivity index (χ0) is 12.1. The van der Waals surface area contributed by atoms with Crippen molar-refractivity contribution < 1.29 is 12.0 Å². The van der Waals surface area contributed by atoms with Crippen LogP contribution < -0.4 is 0 Å². The normalized spacial score (nSPS) is 23.6. The van der Waals surface area contributed by atoms with Crippen molar-refractivity contribution in [3.05, 3.63) is 0 Å². The summed E-state index contributed by atoms with van der Waals surface area (Å²) in [6.07, 6.45) is -0.468. The summed E-state index contributed by atoms with van der Waals surface area (Å²) >= 11 is 4.19. The van der Waals surface area contributed by atoms with Gasteiger partial charge in [0.15, 0.2) is 0 Å². The Morgan fingerprint density at radius 2 is 2.40 bits per heavy atom. The number of hydrogen-bond acceptors (Lipinski definition) is 2. The lowest BCUT2D eigenvalue weighted by Crippen LogP contribution is -2.01. The molecule has 1 unspecified atom stereocenters. The lowest BCUT2D eigenvalue weighted by Gasteiger charge is -2.06. The molecular formula is C8H18OS. The zero-order valence-electron chi connectivity index (χ0n) is 11.0. The molecule has 0 aliphatic carbocycles. The molecule has 0 amide bonds. The Morgan fingerprint density at radius 1 is 1.60 bits per heavy atom. The van der Waals surface area contributed by atoms with Gasteiger partial charge in [-0.1, -0.05) is 26.1 Å². The Morgan fingerprint density at radius 3 is 3.00 bits per heavy atom. The first-order chi connectivity index (χ1) is 6.70. The summed E-state index contributed by atoms with van der Waals surface area (Å²) in [4.78, 5) is 0. The zero-order valence-corrected chi connectivity index (χ0v) is 6.90. The van der Waals surface area contributed by atoms with Crippen molar-refractivity contribution in [2.24, 2.45) is 0 Å². The van der Waals surface area contributed by atoms with Gasteiger partial charge in [0.1, 0.15) is 0 Å². The molecule has 0 bridgehead atoms. The van der Waals surface area contributed by atoms with Gasteiger partial charge >= 0.3 is 0 Å². The predicted octanol–water partition coefficient (Wildman–Crippen LogP) is 2.25. The van der Waals surface area contributed by atoms with E-state index in [9.17, 15) is 0 Å². The average molecular weight is 167 g/mol. The molecule has 0 aliphatic rings. The van der Waals surface area contributed by atoms with Crippen molar-refractivity contribution in [3.63, 3.8) is 0 Å². The van der Waals surface area contributed by atoms with E-state index in [-0.39, 0.29) is 18.3 Å². The topological polar surface area (TPSA) is 20.2 Å². The Balaban J connectivity index is 3.85. The van der Waals surface area contributed by atoms with Gasteiger partial charge in [-0.05, 0) is 12.8 Å². The number of aliphatic hydroxyl groups is 1. The molecule has 0 saturated carbocycles. The Bertz CT molecular complexity index is 182. The van der Waals surface area contributed by atoms with E-state index in [0.29, 0.717) is 19.3 Å². The van der Waals surface area contributed by atoms with Crippen molar-refractivity contribution in [2.75, 3.05) is 6.61 Å². The molecule has 1 atom stereocenters. The summed E-state index contributed by atoms with van der Waals surface area (Å²) in [5.41, 5.74) is 0. The second-order valence-electron chi connectivity index (χ2n) is 2.24. The van der Waals surface area contributed by atoms with Crippen molar-refractivity contribution in [3.8, 4) is 0 Å².